The summed E-state index contributed by atoms with van der Waals surface area (Å²) in [6.07, 6.45) is 3.84. The van der Waals surface area contributed by atoms with Crippen LogP contribution in [0.5, 0.6) is 5.75 Å². The van der Waals surface area contributed by atoms with Gasteiger partial charge in [0.1, 0.15) is 5.75 Å². The number of ether oxygens (including phenoxy) is 1. The Labute approximate surface area is 120 Å². The van der Waals surface area contributed by atoms with Crippen molar-refractivity contribution >= 4 is 5.91 Å². The molecule has 3 unspecified atom stereocenters. The molecular formula is C16H24N2O2. The second kappa shape index (κ2) is 6.75. The maximum atomic E-state index is 12.3. The largest absolute Gasteiger partial charge is 0.497 e. The molecule has 1 fully saturated rings. The number of benzene rings is 1. The van der Waals surface area contributed by atoms with Gasteiger partial charge in [0.25, 0.3) is 0 Å². The van der Waals surface area contributed by atoms with Crippen LogP contribution in [0.4, 0.5) is 0 Å². The summed E-state index contributed by atoms with van der Waals surface area (Å²) in [7, 11) is 1.64. The fraction of sp³-hybridized carbons (Fsp3) is 0.562. The zero-order valence-electron chi connectivity index (χ0n) is 12.3. The molecule has 4 heteroatoms. The van der Waals surface area contributed by atoms with Crippen molar-refractivity contribution in [3.8, 4) is 5.75 Å². The summed E-state index contributed by atoms with van der Waals surface area (Å²) in [6.45, 7) is 2.00. The predicted molar refractivity (Wildman–Crippen MR) is 79.5 cm³/mol. The van der Waals surface area contributed by atoms with Gasteiger partial charge in [-0.05, 0) is 43.9 Å². The average molecular weight is 276 g/mol. The van der Waals surface area contributed by atoms with E-state index in [2.05, 4.69) is 5.32 Å². The minimum atomic E-state index is -0.0178. The molecule has 1 aromatic carbocycles. The SMILES string of the molecule is COc1cccc(C(C)NC(=O)C2CCCC(N)C2)c1. The molecule has 20 heavy (non-hydrogen) atoms. The number of methoxy groups -OCH3 is 1. The standard InChI is InChI=1S/C16H24N2O2/c1-11(12-5-4-8-15(10-12)20-2)18-16(19)13-6-3-7-14(17)9-13/h4-5,8,10-11,13-14H,3,6-7,9,17H2,1-2H3,(H,18,19). The minimum Gasteiger partial charge on any atom is -0.497 e. The molecule has 0 heterocycles. The summed E-state index contributed by atoms with van der Waals surface area (Å²) in [4.78, 5) is 12.3. The summed E-state index contributed by atoms with van der Waals surface area (Å²) in [5.41, 5.74) is 7.00. The topological polar surface area (TPSA) is 64.3 Å². The molecule has 2 rings (SSSR count). The molecule has 0 aromatic heterocycles. The number of nitrogens with two attached hydrogens (primary N) is 1. The zero-order valence-corrected chi connectivity index (χ0v) is 12.3. The van der Waals surface area contributed by atoms with Crippen LogP contribution >= 0.6 is 0 Å². The highest BCUT2D eigenvalue weighted by Crippen LogP contribution is 2.25. The first-order chi connectivity index (χ1) is 9.60. The first kappa shape index (κ1) is 14.9. The van der Waals surface area contributed by atoms with Crippen LogP contribution in [-0.2, 0) is 4.79 Å². The lowest BCUT2D eigenvalue weighted by Crippen LogP contribution is -2.38. The quantitative estimate of drug-likeness (QED) is 0.887. The minimum absolute atomic E-state index is 0.0178. The van der Waals surface area contributed by atoms with Crippen LogP contribution < -0.4 is 15.8 Å². The van der Waals surface area contributed by atoms with E-state index in [1.165, 1.54) is 0 Å². The van der Waals surface area contributed by atoms with Crippen LogP contribution in [0, 0.1) is 5.92 Å². The molecule has 3 atom stereocenters. The molecule has 0 spiro atoms. The van der Waals surface area contributed by atoms with E-state index in [-0.39, 0.29) is 23.9 Å². The van der Waals surface area contributed by atoms with Gasteiger partial charge in [-0.2, -0.15) is 0 Å². The molecule has 0 radical (unpaired) electrons. The van der Waals surface area contributed by atoms with E-state index in [4.69, 9.17) is 10.5 Å². The van der Waals surface area contributed by atoms with Crippen molar-refractivity contribution in [2.75, 3.05) is 7.11 Å². The van der Waals surface area contributed by atoms with Crippen molar-refractivity contribution in [1.82, 2.24) is 5.32 Å². The van der Waals surface area contributed by atoms with Crippen LogP contribution in [0.2, 0.25) is 0 Å². The number of hydrogen-bond acceptors (Lipinski definition) is 3. The Bertz CT molecular complexity index is 462. The van der Waals surface area contributed by atoms with Gasteiger partial charge in [-0.3, -0.25) is 4.79 Å². The van der Waals surface area contributed by atoms with Crippen molar-refractivity contribution in [1.29, 1.82) is 0 Å². The Kier molecular flexibility index (Phi) is 5.01. The van der Waals surface area contributed by atoms with Crippen LogP contribution in [-0.4, -0.2) is 19.1 Å². The maximum Gasteiger partial charge on any atom is 0.223 e. The molecule has 1 saturated carbocycles. The van der Waals surface area contributed by atoms with Crippen molar-refractivity contribution in [3.05, 3.63) is 29.8 Å². The van der Waals surface area contributed by atoms with Gasteiger partial charge in [-0.15, -0.1) is 0 Å². The molecule has 3 N–H and O–H groups in total. The smallest absolute Gasteiger partial charge is 0.223 e. The van der Waals surface area contributed by atoms with Gasteiger partial charge in [0.05, 0.1) is 13.2 Å². The van der Waals surface area contributed by atoms with E-state index in [1.54, 1.807) is 7.11 Å². The first-order valence-electron chi connectivity index (χ1n) is 7.30. The highest BCUT2D eigenvalue weighted by Gasteiger charge is 2.26. The molecular weight excluding hydrogens is 252 g/mol. The van der Waals surface area contributed by atoms with Gasteiger partial charge in [-0.1, -0.05) is 18.6 Å². The Hall–Kier alpha value is -1.55. The normalized spacial score (nSPS) is 23.9. The third-order valence-electron chi connectivity index (χ3n) is 4.04. The van der Waals surface area contributed by atoms with Gasteiger partial charge in [0, 0.05) is 12.0 Å². The van der Waals surface area contributed by atoms with Crippen molar-refractivity contribution in [3.63, 3.8) is 0 Å². The maximum absolute atomic E-state index is 12.3. The van der Waals surface area contributed by atoms with Gasteiger partial charge in [0.15, 0.2) is 0 Å². The second-order valence-electron chi connectivity index (χ2n) is 5.63. The fourth-order valence-electron chi connectivity index (χ4n) is 2.79. The lowest BCUT2D eigenvalue weighted by Gasteiger charge is -2.27. The Balaban J connectivity index is 1.96. The van der Waals surface area contributed by atoms with E-state index in [0.29, 0.717) is 0 Å². The summed E-state index contributed by atoms with van der Waals surface area (Å²) in [6, 6.07) is 7.95. The highest BCUT2D eigenvalue weighted by molar-refractivity contribution is 5.79. The molecule has 1 aliphatic rings. The van der Waals surface area contributed by atoms with E-state index in [0.717, 1.165) is 37.0 Å². The number of amides is 1. The van der Waals surface area contributed by atoms with Crippen molar-refractivity contribution in [2.24, 2.45) is 11.7 Å². The molecule has 0 aliphatic heterocycles. The monoisotopic (exact) mass is 276 g/mol. The molecule has 110 valence electrons. The molecule has 0 saturated heterocycles. The lowest BCUT2D eigenvalue weighted by atomic mass is 9.85. The summed E-state index contributed by atoms with van der Waals surface area (Å²) < 4.78 is 5.21. The first-order valence-corrected chi connectivity index (χ1v) is 7.30. The summed E-state index contributed by atoms with van der Waals surface area (Å²) >= 11 is 0. The Morgan fingerprint density at radius 1 is 1.45 bits per heavy atom. The van der Waals surface area contributed by atoms with E-state index in [1.807, 2.05) is 31.2 Å². The number of rotatable bonds is 4. The number of hydrogen-bond donors (Lipinski definition) is 2. The second-order valence-corrected chi connectivity index (χ2v) is 5.63. The summed E-state index contributed by atoms with van der Waals surface area (Å²) in [5.74, 6) is 0.991. The van der Waals surface area contributed by atoms with Gasteiger partial charge in [0.2, 0.25) is 5.91 Å². The summed E-state index contributed by atoms with van der Waals surface area (Å²) in [5, 5.41) is 3.09. The number of carbonyl (C=O) groups excluding carboxylic acids is 1. The van der Waals surface area contributed by atoms with Gasteiger partial charge in [-0.25, -0.2) is 0 Å². The molecule has 0 bridgehead atoms. The predicted octanol–water partition coefficient (Wildman–Crippen LogP) is 2.39. The molecule has 4 nitrogen and oxygen atoms in total. The zero-order chi connectivity index (χ0) is 14.5. The fourth-order valence-corrected chi connectivity index (χ4v) is 2.79. The molecule has 1 amide bonds. The van der Waals surface area contributed by atoms with Gasteiger partial charge >= 0.3 is 0 Å². The van der Waals surface area contributed by atoms with E-state index < -0.39 is 0 Å². The number of carbonyl (C=O) groups is 1. The number of nitrogens with one attached hydrogen (secondary N) is 1. The average Bonchev–Trinajstić information content (AvgIpc) is 2.47. The highest BCUT2D eigenvalue weighted by atomic mass is 16.5. The lowest BCUT2D eigenvalue weighted by molar-refractivity contribution is -0.126. The van der Waals surface area contributed by atoms with Crippen molar-refractivity contribution in [2.45, 2.75) is 44.7 Å². The van der Waals surface area contributed by atoms with Crippen LogP contribution in [0.1, 0.15) is 44.2 Å². The van der Waals surface area contributed by atoms with E-state index >= 15 is 0 Å². The van der Waals surface area contributed by atoms with E-state index in [9.17, 15) is 4.79 Å². The van der Waals surface area contributed by atoms with Crippen LogP contribution in [0.3, 0.4) is 0 Å². The van der Waals surface area contributed by atoms with Crippen LogP contribution in [0.25, 0.3) is 0 Å². The van der Waals surface area contributed by atoms with Gasteiger partial charge < -0.3 is 15.8 Å². The Morgan fingerprint density at radius 2 is 2.25 bits per heavy atom. The Morgan fingerprint density at radius 3 is 2.95 bits per heavy atom. The molecule has 1 aromatic rings. The molecule has 1 aliphatic carbocycles. The third kappa shape index (κ3) is 3.73. The third-order valence-corrected chi connectivity index (χ3v) is 4.04. The van der Waals surface area contributed by atoms with Crippen molar-refractivity contribution < 1.29 is 9.53 Å². The van der Waals surface area contributed by atoms with Crippen LogP contribution in [0.15, 0.2) is 24.3 Å².